The molecule has 0 aliphatic heterocycles. The molecule has 0 N–H and O–H groups in total. The van der Waals surface area contributed by atoms with E-state index in [1.807, 2.05) is 0 Å². The Morgan fingerprint density at radius 3 is 1.31 bits per heavy atom. The summed E-state index contributed by atoms with van der Waals surface area (Å²) in [5.41, 5.74) is 0. The minimum atomic E-state index is -1.07. The van der Waals surface area contributed by atoms with Crippen LogP contribution in [0.3, 0.4) is 0 Å². The molecule has 0 amide bonds. The number of rotatable bonds is 2. The van der Waals surface area contributed by atoms with Gasteiger partial charge in [-0.05, 0) is 0 Å². The summed E-state index contributed by atoms with van der Waals surface area (Å²) < 4.78 is 10.1. The SMILES string of the molecule is [C](#[C][Hg][c]1ccccc1)[Hg][c]1ccccc1. The van der Waals surface area contributed by atoms with Crippen molar-refractivity contribution < 1.29 is 49.1 Å². The average molecular weight is 579 g/mol. The minimum absolute atomic E-state index is 1.07. The van der Waals surface area contributed by atoms with Crippen LogP contribution in [0.4, 0.5) is 0 Å². The Morgan fingerprint density at radius 2 is 0.938 bits per heavy atom. The molecule has 70 valence electrons. The van der Waals surface area contributed by atoms with Crippen LogP contribution in [0.25, 0.3) is 0 Å². The molecule has 0 aliphatic rings. The van der Waals surface area contributed by atoms with E-state index in [1.54, 1.807) is 0 Å². The number of benzene rings is 2. The fraction of sp³-hybridized carbons (Fsp3) is 0. The second-order valence-electron chi connectivity index (χ2n) is 3.68. The van der Waals surface area contributed by atoms with Crippen LogP contribution >= 0.6 is 0 Å². The van der Waals surface area contributed by atoms with Gasteiger partial charge >= 0.3 is 123 Å². The first kappa shape index (κ1) is 12.3. The monoisotopic (exact) mass is 582 g/mol. The van der Waals surface area contributed by atoms with Crippen LogP contribution in [-0.2, 0) is 49.1 Å². The summed E-state index contributed by atoms with van der Waals surface area (Å²) in [6.07, 6.45) is 0. The quantitative estimate of drug-likeness (QED) is 0.376. The Morgan fingerprint density at radius 1 is 0.562 bits per heavy atom. The Bertz CT molecular complexity index is 435. The van der Waals surface area contributed by atoms with Gasteiger partial charge in [0.15, 0.2) is 0 Å². The summed E-state index contributed by atoms with van der Waals surface area (Å²) >= 11 is -2.14. The molecule has 0 unspecified atom stereocenters. The topological polar surface area (TPSA) is 0 Å². The maximum absolute atomic E-state index is 3.52. The van der Waals surface area contributed by atoms with Gasteiger partial charge in [0.05, 0.1) is 0 Å². The van der Waals surface area contributed by atoms with Crippen molar-refractivity contribution in [3.63, 3.8) is 0 Å². The molecule has 0 aromatic heterocycles. The molecule has 0 fully saturated rings. The Labute approximate surface area is 121 Å². The molecule has 0 spiro atoms. The number of hydrogen-bond donors (Lipinski definition) is 0. The van der Waals surface area contributed by atoms with Crippen molar-refractivity contribution in [2.24, 2.45) is 0 Å². The molecule has 0 saturated heterocycles. The van der Waals surface area contributed by atoms with Crippen LogP contribution in [0, 0.1) is 6.86 Å². The van der Waals surface area contributed by atoms with Gasteiger partial charge in [0.25, 0.3) is 0 Å². The van der Waals surface area contributed by atoms with Gasteiger partial charge in [-0.3, -0.25) is 0 Å². The summed E-state index contributed by atoms with van der Waals surface area (Å²) in [5.74, 6) is 0. The van der Waals surface area contributed by atoms with Crippen molar-refractivity contribution in [1.29, 1.82) is 0 Å². The molecule has 0 nitrogen and oxygen atoms in total. The molecule has 0 radical (unpaired) electrons. The van der Waals surface area contributed by atoms with Crippen molar-refractivity contribution in [1.82, 2.24) is 0 Å². The van der Waals surface area contributed by atoms with Gasteiger partial charge in [0, 0.05) is 0 Å². The zero-order valence-electron chi connectivity index (χ0n) is 9.19. The van der Waals surface area contributed by atoms with E-state index in [0.717, 1.165) is 0 Å². The second kappa shape index (κ2) is 7.25. The van der Waals surface area contributed by atoms with Gasteiger partial charge in [-0.1, -0.05) is 0 Å². The van der Waals surface area contributed by atoms with Crippen LogP contribution in [-0.4, -0.2) is 0 Å². The van der Waals surface area contributed by atoms with E-state index in [-0.39, 0.29) is 0 Å². The third-order valence-corrected chi connectivity index (χ3v) is 20.1. The van der Waals surface area contributed by atoms with Gasteiger partial charge in [-0.15, -0.1) is 0 Å². The average Bonchev–Trinajstić information content (AvgIpc) is 2.37. The van der Waals surface area contributed by atoms with Crippen LogP contribution < -0.4 is 6.14 Å². The predicted octanol–water partition coefficient (Wildman–Crippen LogP) is 1.72. The van der Waals surface area contributed by atoms with Crippen molar-refractivity contribution in [3.05, 3.63) is 60.7 Å². The van der Waals surface area contributed by atoms with Crippen molar-refractivity contribution in [2.45, 2.75) is 0 Å². The predicted molar refractivity (Wildman–Crippen MR) is 59.9 cm³/mol. The van der Waals surface area contributed by atoms with Crippen LogP contribution in [0.5, 0.6) is 0 Å². The molecule has 0 heterocycles. The summed E-state index contributed by atoms with van der Waals surface area (Å²) in [7, 11) is 0. The molecule has 2 aromatic rings. The maximum atomic E-state index is 3.52. The van der Waals surface area contributed by atoms with E-state index in [2.05, 4.69) is 67.5 Å². The van der Waals surface area contributed by atoms with Gasteiger partial charge in [0.2, 0.25) is 0 Å². The molecule has 0 saturated carbocycles. The first-order chi connectivity index (χ1) is 7.95. The van der Waals surface area contributed by atoms with E-state index in [4.69, 9.17) is 0 Å². The zero-order valence-corrected chi connectivity index (χ0v) is 20.2. The summed E-state index contributed by atoms with van der Waals surface area (Å²) in [6.45, 7) is 0. The zero-order chi connectivity index (χ0) is 11.1. The first-order valence-corrected chi connectivity index (χ1v) is 16.5. The van der Waals surface area contributed by atoms with Crippen molar-refractivity contribution in [3.8, 4) is 6.86 Å². The van der Waals surface area contributed by atoms with Gasteiger partial charge < -0.3 is 0 Å². The molecular weight excluding hydrogens is 569 g/mol. The third-order valence-electron chi connectivity index (χ3n) is 2.40. The molecule has 2 aromatic carbocycles. The van der Waals surface area contributed by atoms with E-state index < -0.39 is 49.1 Å². The van der Waals surface area contributed by atoms with Crippen molar-refractivity contribution >= 4 is 6.14 Å². The van der Waals surface area contributed by atoms with E-state index in [0.29, 0.717) is 0 Å². The van der Waals surface area contributed by atoms with Gasteiger partial charge in [0.1, 0.15) is 0 Å². The van der Waals surface area contributed by atoms with E-state index >= 15 is 0 Å². The first-order valence-electron chi connectivity index (χ1n) is 5.49. The molecule has 0 atom stereocenters. The van der Waals surface area contributed by atoms with E-state index in [9.17, 15) is 0 Å². The Balaban J connectivity index is 1.88. The normalized spacial score (nSPS) is 8.25. The third kappa shape index (κ3) is 4.39. The molecular formula is C14H10Hg2. The molecule has 2 heteroatoms. The molecule has 16 heavy (non-hydrogen) atoms. The Hall–Kier alpha value is -0.130. The standard InChI is InChI=1S/2C6H5.C2.2Hg/c2*1-2-4-6-5-3-1;1-2;;/h2*1-5H;;;. The Kier molecular flexibility index (Phi) is 5.58. The van der Waals surface area contributed by atoms with Crippen LogP contribution in [0.15, 0.2) is 60.7 Å². The van der Waals surface area contributed by atoms with Gasteiger partial charge in [-0.2, -0.15) is 0 Å². The number of hydrogen-bond acceptors (Lipinski definition) is 0. The second-order valence-corrected chi connectivity index (χ2v) is 15.5. The summed E-state index contributed by atoms with van der Waals surface area (Å²) in [4.78, 5) is 0. The molecule has 2 rings (SSSR count). The summed E-state index contributed by atoms with van der Waals surface area (Å²) in [5, 5.41) is 0. The molecule has 0 aliphatic carbocycles. The fourth-order valence-electron chi connectivity index (χ4n) is 1.52. The van der Waals surface area contributed by atoms with E-state index in [1.165, 1.54) is 6.14 Å². The van der Waals surface area contributed by atoms with Gasteiger partial charge in [-0.25, -0.2) is 0 Å². The van der Waals surface area contributed by atoms with Crippen LogP contribution in [0.1, 0.15) is 0 Å². The van der Waals surface area contributed by atoms with Crippen LogP contribution in [0.2, 0.25) is 0 Å². The fourth-order valence-corrected chi connectivity index (χ4v) is 16.6. The molecule has 0 bridgehead atoms. The van der Waals surface area contributed by atoms with Crippen molar-refractivity contribution in [2.75, 3.05) is 0 Å². The summed E-state index contributed by atoms with van der Waals surface area (Å²) in [6, 6.07) is 21.6.